The maximum absolute atomic E-state index is 9.93. The summed E-state index contributed by atoms with van der Waals surface area (Å²) in [5.74, 6) is 1.50. The highest BCUT2D eigenvalue weighted by atomic mass is 16.5. The van der Waals surface area contributed by atoms with Crippen LogP contribution in [-0.2, 0) is 16.0 Å². The summed E-state index contributed by atoms with van der Waals surface area (Å²) >= 11 is 0. The van der Waals surface area contributed by atoms with E-state index in [1.54, 1.807) is 0 Å². The molecule has 3 fully saturated rings. The molecule has 6 nitrogen and oxygen atoms in total. The smallest absolute Gasteiger partial charge is 0.119 e. The van der Waals surface area contributed by atoms with E-state index in [0.717, 1.165) is 84.3 Å². The van der Waals surface area contributed by atoms with Gasteiger partial charge in [0.25, 0.3) is 0 Å². The Bertz CT molecular complexity index is 605. The summed E-state index contributed by atoms with van der Waals surface area (Å²) in [4.78, 5) is 4.90. The van der Waals surface area contributed by atoms with Crippen molar-refractivity contribution in [3.63, 3.8) is 0 Å². The van der Waals surface area contributed by atoms with Crippen LogP contribution < -0.4 is 4.74 Å². The Hall–Kier alpha value is -1.18. The maximum Gasteiger partial charge on any atom is 0.119 e. The van der Waals surface area contributed by atoms with Gasteiger partial charge in [0.05, 0.1) is 33.0 Å². The number of hydrogen-bond acceptors (Lipinski definition) is 6. The van der Waals surface area contributed by atoms with E-state index in [1.165, 1.54) is 5.56 Å². The van der Waals surface area contributed by atoms with Crippen molar-refractivity contribution in [3.05, 3.63) is 29.8 Å². The number of morpholine rings is 1. The number of benzene rings is 1. The van der Waals surface area contributed by atoms with Crippen molar-refractivity contribution >= 4 is 0 Å². The predicted octanol–water partition coefficient (Wildman–Crippen LogP) is 1.62. The molecule has 156 valence electrons. The third-order valence-electron chi connectivity index (χ3n) is 6.52. The number of aliphatic hydroxyl groups excluding tert-OH is 1. The van der Waals surface area contributed by atoms with E-state index in [2.05, 4.69) is 34.1 Å². The molecule has 3 saturated heterocycles. The predicted molar refractivity (Wildman–Crippen MR) is 108 cm³/mol. The SMILES string of the molecule is OC[C@]12COCC[C@H]1CN(Cc1ccc(OCCCN3CCOCC3)cc1)C2. The molecule has 3 aliphatic heterocycles. The number of fused-ring (bicyclic) bond motifs is 1. The normalized spacial score (nSPS) is 29.0. The number of rotatable bonds is 8. The van der Waals surface area contributed by atoms with Crippen molar-refractivity contribution < 1.29 is 19.3 Å². The van der Waals surface area contributed by atoms with Crippen molar-refractivity contribution in [2.45, 2.75) is 19.4 Å². The van der Waals surface area contributed by atoms with E-state index >= 15 is 0 Å². The third kappa shape index (κ3) is 4.86. The second-order valence-corrected chi connectivity index (χ2v) is 8.53. The first-order valence-corrected chi connectivity index (χ1v) is 10.7. The number of nitrogens with zero attached hydrogens (tertiary/aromatic N) is 2. The van der Waals surface area contributed by atoms with Crippen molar-refractivity contribution in [2.75, 3.05) is 72.4 Å². The van der Waals surface area contributed by atoms with E-state index in [-0.39, 0.29) is 12.0 Å². The molecule has 0 radical (unpaired) electrons. The lowest BCUT2D eigenvalue weighted by atomic mass is 9.76. The molecular formula is C22H34N2O4. The molecule has 28 heavy (non-hydrogen) atoms. The lowest BCUT2D eigenvalue weighted by Gasteiger charge is -2.36. The van der Waals surface area contributed by atoms with E-state index in [1.807, 2.05) is 0 Å². The van der Waals surface area contributed by atoms with E-state index < -0.39 is 0 Å². The molecule has 0 aliphatic carbocycles. The molecule has 1 aromatic rings. The molecule has 0 spiro atoms. The van der Waals surface area contributed by atoms with Crippen molar-refractivity contribution in [1.29, 1.82) is 0 Å². The first-order chi connectivity index (χ1) is 13.8. The molecule has 3 heterocycles. The van der Waals surface area contributed by atoms with Crippen LogP contribution in [0.5, 0.6) is 5.75 Å². The van der Waals surface area contributed by atoms with Crippen molar-refractivity contribution in [3.8, 4) is 5.75 Å². The zero-order valence-electron chi connectivity index (χ0n) is 16.9. The topological polar surface area (TPSA) is 54.4 Å². The summed E-state index contributed by atoms with van der Waals surface area (Å²) in [6.45, 7) is 10.3. The van der Waals surface area contributed by atoms with Crippen molar-refractivity contribution in [1.82, 2.24) is 9.80 Å². The Morgan fingerprint density at radius 3 is 2.64 bits per heavy atom. The largest absolute Gasteiger partial charge is 0.494 e. The van der Waals surface area contributed by atoms with Gasteiger partial charge in [-0.25, -0.2) is 0 Å². The fourth-order valence-corrected chi connectivity index (χ4v) is 4.80. The standard InChI is InChI=1S/C22H34N2O4/c25-17-22-16-24(15-20(22)6-11-27-18-22)14-19-2-4-21(5-3-19)28-10-1-7-23-8-12-26-13-9-23/h2-5,20,25H,1,6-18H2/t20-,22+/m0/s1. The highest BCUT2D eigenvalue weighted by Crippen LogP contribution is 2.41. The van der Waals surface area contributed by atoms with Gasteiger partial charge in [0.15, 0.2) is 0 Å². The van der Waals surface area contributed by atoms with Gasteiger partial charge in [0, 0.05) is 51.3 Å². The fourth-order valence-electron chi connectivity index (χ4n) is 4.80. The van der Waals surface area contributed by atoms with Gasteiger partial charge in [-0.1, -0.05) is 12.1 Å². The summed E-state index contributed by atoms with van der Waals surface area (Å²) in [5, 5.41) is 9.93. The molecule has 4 rings (SSSR count). The molecule has 2 atom stereocenters. The van der Waals surface area contributed by atoms with Gasteiger partial charge < -0.3 is 19.3 Å². The van der Waals surface area contributed by atoms with Crippen LogP contribution in [0, 0.1) is 11.3 Å². The van der Waals surface area contributed by atoms with Gasteiger partial charge in [-0.3, -0.25) is 9.80 Å². The Labute approximate surface area is 168 Å². The number of ether oxygens (including phenoxy) is 3. The minimum atomic E-state index is -0.0538. The van der Waals surface area contributed by atoms with Crippen LogP contribution >= 0.6 is 0 Å². The molecule has 0 amide bonds. The molecule has 1 aromatic carbocycles. The zero-order chi connectivity index (χ0) is 19.2. The summed E-state index contributed by atoms with van der Waals surface area (Å²) in [6.07, 6.45) is 2.11. The van der Waals surface area contributed by atoms with Gasteiger partial charge >= 0.3 is 0 Å². The van der Waals surface area contributed by atoms with E-state index in [4.69, 9.17) is 14.2 Å². The Morgan fingerprint density at radius 1 is 1.07 bits per heavy atom. The van der Waals surface area contributed by atoms with Crippen LogP contribution in [0.15, 0.2) is 24.3 Å². The molecule has 0 aromatic heterocycles. The highest BCUT2D eigenvalue weighted by molar-refractivity contribution is 5.27. The summed E-state index contributed by atoms with van der Waals surface area (Å²) in [6, 6.07) is 8.50. The van der Waals surface area contributed by atoms with Gasteiger partial charge in [-0.2, -0.15) is 0 Å². The van der Waals surface area contributed by atoms with E-state index in [0.29, 0.717) is 12.5 Å². The molecule has 6 heteroatoms. The Kier molecular flexibility index (Phi) is 6.86. The molecule has 3 aliphatic rings. The number of likely N-dealkylation sites (tertiary alicyclic amines) is 1. The minimum Gasteiger partial charge on any atom is -0.494 e. The zero-order valence-corrected chi connectivity index (χ0v) is 16.9. The molecule has 0 bridgehead atoms. The van der Waals surface area contributed by atoms with Gasteiger partial charge in [0.1, 0.15) is 5.75 Å². The number of hydrogen-bond donors (Lipinski definition) is 1. The summed E-state index contributed by atoms with van der Waals surface area (Å²) < 4.78 is 17.0. The second kappa shape index (κ2) is 9.55. The quantitative estimate of drug-likeness (QED) is 0.681. The van der Waals surface area contributed by atoms with Crippen LogP contribution in [0.3, 0.4) is 0 Å². The molecule has 0 saturated carbocycles. The van der Waals surface area contributed by atoms with Gasteiger partial charge in [-0.05, 0) is 36.5 Å². The summed E-state index contributed by atoms with van der Waals surface area (Å²) in [7, 11) is 0. The maximum atomic E-state index is 9.93. The molecule has 0 unspecified atom stereocenters. The third-order valence-corrected chi connectivity index (χ3v) is 6.52. The highest BCUT2D eigenvalue weighted by Gasteiger charge is 2.47. The average molecular weight is 391 g/mol. The lowest BCUT2D eigenvalue weighted by molar-refractivity contribution is -0.0561. The fraction of sp³-hybridized carbons (Fsp3) is 0.727. The second-order valence-electron chi connectivity index (χ2n) is 8.53. The molecule has 1 N–H and O–H groups in total. The number of aliphatic hydroxyl groups is 1. The monoisotopic (exact) mass is 390 g/mol. The Balaban J connectivity index is 1.20. The van der Waals surface area contributed by atoms with Crippen LogP contribution in [0.25, 0.3) is 0 Å². The van der Waals surface area contributed by atoms with E-state index in [9.17, 15) is 5.11 Å². The lowest BCUT2D eigenvalue weighted by Crippen LogP contribution is -2.42. The Morgan fingerprint density at radius 2 is 1.89 bits per heavy atom. The first kappa shape index (κ1) is 20.1. The van der Waals surface area contributed by atoms with Crippen LogP contribution in [-0.4, -0.2) is 87.3 Å². The first-order valence-electron chi connectivity index (χ1n) is 10.7. The van der Waals surface area contributed by atoms with Crippen LogP contribution in [0.2, 0.25) is 0 Å². The van der Waals surface area contributed by atoms with Gasteiger partial charge in [-0.15, -0.1) is 0 Å². The van der Waals surface area contributed by atoms with Crippen molar-refractivity contribution in [2.24, 2.45) is 11.3 Å². The van der Waals surface area contributed by atoms with Crippen LogP contribution in [0.1, 0.15) is 18.4 Å². The summed E-state index contributed by atoms with van der Waals surface area (Å²) in [5.41, 5.74) is 1.25. The minimum absolute atomic E-state index is 0.0538. The average Bonchev–Trinajstić information content (AvgIpc) is 3.11. The van der Waals surface area contributed by atoms with Crippen LogP contribution in [0.4, 0.5) is 0 Å². The van der Waals surface area contributed by atoms with Gasteiger partial charge in [0.2, 0.25) is 0 Å². The molecular weight excluding hydrogens is 356 g/mol.